The number of rotatable bonds is 0. The number of hydrogen-bond donors (Lipinski definition) is 0. The van der Waals surface area contributed by atoms with Crippen molar-refractivity contribution in [3.05, 3.63) is 41.0 Å². The minimum atomic E-state index is 0.271. The molecule has 1 aliphatic heterocycles. The van der Waals surface area contributed by atoms with Crippen molar-refractivity contribution in [2.75, 3.05) is 13.2 Å². The van der Waals surface area contributed by atoms with Crippen LogP contribution < -0.4 is 0 Å². The number of allylic oxidation sites excluding steroid dienone is 1. The molecule has 1 heterocycles. The molecular weight excluding hydrogens is 234 g/mol. The third-order valence-corrected chi connectivity index (χ3v) is 5.51. The number of nitriles is 1. The molecule has 3 atom stereocenters. The Hall–Kier alpha value is -1.59. The van der Waals surface area contributed by atoms with Gasteiger partial charge in [-0.25, -0.2) is 0 Å². The number of hydrogen-bond acceptors (Lipinski definition) is 2. The van der Waals surface area contributed by atoms with Crippen LogP contribution in [0.15, 0.2) is 29.8 Å². The summed E-state index contributed by atoms with van der Waals surface area (Å²) in [7, 11) is 0. The molecule has 1 aromatic rings. The smallest absolute Gasteiger partial charge is 0.0998 e. The minimum absolute atomic E-state index is 0.271. The Kier molecular flexibility index (Phi) is 2.07. The van der Waals surface area contributed by atoms with E-state index in [0.29, 0.717) is 24.4 Å². The molecular formula is C17H17NO. The van der Waals surface area contributed by atoms with Gasteiger partial charge in [0.15, 0.2) is 0 Å². The van der Waals surface area contributed by atoms with Crippen molar-refractivity contribution < 1.29 is 4.74 Å². The van der Waals surface area contributed by atoms with E-state index in [-0.39, 0.29) is 5.41 Å². The highest BCUT2D eigenvalue weighted by molar-refractivity contribution is 5.84. The quantitative estimate of drug-likeness (QED) is 0.708. The maximum Gasteiger partial charge on any atom is 0.0998 e. The summed E-state index contributed by atoms with van der Waals surface area (Å²) in [6, 6.07) is 10.9. The fraction of sp³-hybridized carbons (Fsp3) is 0.471. The Labute approximate surface area is 113 Å². The highest BCUT2D eigenvalue weighted by atomic mass is 16.5. The van der Waals surface area contributed by atoms with Crippen LogP contribution in [0.25, 0.3) is 5.57 Å². The normalized spacial score (nSPS) is 33.8. The summed E-state index contributed by atoms with van der Waals surface area (Å²) in [6.07, 6.45) is 0. The lowest BCUT2D eigenvalue weighted by Crippen LogP contribution is -2.58. The molecule has 1 saturated carbocycles. The van der Waals surface area contributed by atoms with Gasteiger partial charge in [-0.2, -0.15) is 5.26 Å². The first-order chi connectivity index (χ1) is 9.16. The molecule has 2 fully saturated rings. The highest BCUT2D eigenvalue weighted by Gasteiger charge is 2.61. The van der Waals surface area contributed by atoms with E-state index in [4.69, 9.17) is 4.74 Å². The Morgan fingerprint density at radius 3 is 2.89 bits per heavy atom. The van der Waals surface area contributed by atoms with Crippen molar-refractivity contribution in [2.24, 2.45) is 17.3 Å². The van der Waals surface area contributed by atoms with Crippen LogP contribution in [-0.2, 0) is 4.74 Å². The van der Waals surface area contributed by atoms with Gasteiger partial charge in [-0.3, -0.25) is 0 Å². The predicted octanol–water partition coefficient (Wildman–Crippen LogP) is 3.36. The molecule has 2 nitrogen and oxygen atoms in total. The molecule has 0 spiro atoms. The van der Waals surface area contributed by atoms with Gasteiger partial charge in [-0.15, -0.1) is 0 Å². The SMILES string of the molecule is CC1(C)C2c3ccccc3C(C#N)=C3COC[C@@H]1C32. The zero-order valence-corrected chi connectivity index (χ0v) is 11.3. The van der Waals surface area contributed by atoms with Gasteiger partial charge in [0.1, 0.15) is 0 Å². The monoisotopic (exact) mass is 251 g/mol. The van der Waals surface area contributed by atoms with Crippen LogP contribution in [0.1, 0.15) is 30.9 Å². The second-order valence-electron chi connectivity index (χ2n) is 6.55. The lowest BCUT2D eigenvalue weighted by molar-refractivity contribution is -0.108. The van der Waals surface area contributed by atoms with Gasteiger partial charge in [0.2, 0.25) is 0 Å². The minimum Gasteiger partial charge on any atom is -0.377 e. The van der Waals surface area contributed by atoms with Gasteiger partial charge in [0, 0.05) is 0 Å². The summed E-state index contributed by atoms with van der Waals surface area (Å²) in [5.74, 6) is 1.66. The first-order valence-corrected chi connectivity index (χ1v) is 6.96. The average Bonchev–Trinajstić information content (AvgIpc) is 2.43. The van der Waals surface area contributed by atoms with E-state index in [0.717, 1.165) is 17.7 Å². The Bertz CT molecular complexity index is 635. The van der Waals surface area contributed by atoms with Crippen LogP contribution in [0.2, 0.25) is 0 Å². The molecule has 1 aromatic carbocycles. The first kappa shape index (κ1) is 11.3. The van der Waals surface area contributed by atoms with E-state index in [1.54, 1.807) is 0 Å². The fourth-order valence-corrected chi connectivity index (χ4v) is 4.56. The van der Waals surface area contributed by atoms with Gasteiger partial charge >= 0.3 is 0 Å². The second kappa shape index (κ2) is 3.49. The standard InChI is InChI=1S/C17H17NO/c1-17(2)14-9-19-8-13-12(7-18)10-5-3-4-6-11(10)16(17)15(13)14/h3-6,14-16H,8-9H2,1-2H3/t14-,15?,16?/m1/s1. The molecule has 4 rings (SSSR count). The summed E-state index contributed by atoms with van der Waals surface area (Å²) < 4.78 is 5.76. The largest absolute Gasteiger partial charge is 0.377 e. The number of benzene rings is 1. The Balaban J connectivity index is 2.00. The van der Waals surface area contributed by atoms with E-state index in [9.17, 15) is 5.26 Å². The highest BCUT2D eigenvalue weighted by Crippen LogP contribution is 2.67. The summed E-state index contributed by atoms with van der Waals surface area (Å²) in [4.78, 5) is 0. The predicted molar refractivity (Wildman–Crippen MR) is 73.3 cm³/mol. The molecule has 0 bridgehead atoms. The number of nitrogens with zero attached hydrogens (tertiary/aromatic N) is 1. The first-order valence-electron chi connectivity index (χ1n) is 6.96. The van der Waals surface area contributed by atoms with Crippen molar-refractivity contribution in [3.63, 3.8) is 0 Å². The van der Waals surface area contributed by atoms with E-state index in [2.05, 4.69) is 38.1 Å². The van der Waals surface area contributed by atoms with Crippen molar-refractivity contribution in [1.82, 2.24) is 0 Å². The van der Waals surface area contributed by atoms with Gasteiger partial charge in [-0.05, 0) is 39.9 Å². The molecule has 2 heteroatoms. The summed E-state index contributed by atoms with van der Waals surface area (Å²) >= 11 is 0. The maximum atomic E-state index is 9.54. The number of fused-ring (bicyclic) bond motifs is 2. The molecule has 1 saturated heterocycles. The topological polar surface area (TPSA) is 33.0 Å². The van der Waals surface area contributed by atoms with Crippen LogP contribution in [0, 0.1) is 28.6 Å². The van der Waals surface area contributed by atoms with Crippen LogP contribution in [0.4, 0.5) is 0 Å². The van der Waals surface area contributed by atoms with Crippen molar-refractivity contribution in [1.29, 1.82) is 5.26 Å². The van der Waals surface area contributed by atoms with Crippen LogP contribution in [-0.4, -0.2) is 13.2 Å². The van der Waals surface area contributed by atoms with E-state index < -0.39 is 0 Å². The molecule has 3 aliphatic rings. The molecule has 0 amide bonds. The molecule has 96 valence electrons. The molecule has 2 unspecified atom stereocenters. The Morgan fingerprint density at radius 2 is 2.11 bits per heavy atom. The maximum absolute atomic E-state index is 9.54. The zero-order valence-electron chi connectivity index (χ0n) is 11.3. The average molecular weight is 251 g/mol. The van der Waals surface area contributed by atoms with Crippen molar-refractivity contribution in [2.45, 2.75) is 19.8 Å². The van der Waals surface area contributed by atoms with Gasteiger partial charge in [-0.1, -0.05) is 38.1 Å². The molecule has 0 radical (unpaired) electrons. The molecule has 0 aromatic heterocycles. The molecule has 19 heavy (non-hydrogen) atoms. The fourth-order valence-electron chi connectivity index (χ4n) is 4.56. The van der Waals surface area contributed by atoms with E-state index in [1.165, 1.54) is 11.1 Å². The third kappa shape index (κ3) is 1.19. The number of ether oxygens (including phenoxy) is 1. The van der Waals surface area contributed by atoms with Crippen LogP contribution >= 0.6 is 0 Å². The third-order valence-electron chi connectivity index (χ3n) is 5.51. The van der Waals surface area contributed by atoms with E-state index >= 15 is 0 Å². The van der Waals surface area contributed by atoms with E-state index in [1.807, 2.05) is 6.07 Å². The van der Waals surface area contributed by atoms with Gasteiger partial charge < -0.3 is 4.74 Å². The lowest BCUT2D eigenvalue weighted by Gasteiger charge is -2.63. The summed E-state index contributed by atoms with van der Waals surface area (Å²) in [6.45, 7) is 6.18. The van der Waals surface area contributed by atoms with Gasteiger partial charge in [0.25, 0.3) is 0 Å². The second-order valence-corrected chi connectivity index (χ2v) is 6.55. The van der Waals surface area contributed by atoms with Gasteiger partial charge in [0.05, 0.1) is 24.9 Å². The van der Waals surface area contributed by atoms with Crippen molar-refractivity contribution >= 4 is 5.57 Å². The molecule has 2 aliphatic carbocycles. The zero-order chi connectivity index (χ0) is 13.2. The summed E-state index contributed by atoms with van der Waals surface area (Å²) in [5, 5.41) is 9.54. The summed E-state index contributed by atoms with van der Waals surface area (Å²) in [5.41, 5.74) is 4.90. The van der Waals surface area contributed by atoms with Crippen LogP contribution in [0.5, 0.6) is 0 Å². The van der Waals surface area contributed by atoms with Crippen LogP contribution in [0.3, 0.4) is 0 Å². The van der Waals surface area contributed by atoms with Crippen molar-refractivity contribution in [3.8, 4) is 6.07 Å². The Morgan fingerprint density at radius 1 is 1.32 bits per heavy atom. The molecule has 0 N–H and O–H groups in total. The lowest BCUT2D eigenvalue weighted by atomic mass is 9.42.